The van der Waals surface area contributed by atoms with Gasteiger partial charge in [-0.05, 0) is 68.6 Å². The third-order valence-electron chi connectivity index (χ3n) is 8.29. The van der Waals surface area contributed by atoms with Crippen molar-refractivity contribution in [2.45, 2.75) is 31.7 Å². The number of rotatable bonds is 6. The molecule has 1 amide bonds. The normalized spacial score (nSPS) is 25.8. The zero-order valence-corrected chi connectivity index (χ0v) is 20.1. The van der Waals surface area contributed by atoms with E-state index >= 15 is 0 Å². The van der Waals surface area contributed by atoms with Crippen LogP contribution in [0.2, 0.25) is 0 Å². The van der Waals surface area contributed by atoms with Crippen molar-refractivity contribution < 1.29 is 9.53 Å². The van der Waals surface area contributed by atoms with Crippen molar-refractivity contribution in [3.63, 3.8) is 0 Å². The van der Waals surface area contributed by atoms with Crippen LogP contribution in [0.1, 0.15) is 36.3 Å². The molecular formula is C28H37N3O2. The van der Waals surface area contributed by atoms with Gasteiger partial charge in [0.05, 0.1) is 12.5 Å². The van der Waals surface area contributed by atoms with Crippen LogP contribution in [0.3, 0.4) is 0 Å². The Morgan fingerprint density at radius 1 is 0.939 bits per heavy atom. The lowest BCUT2D eigenvalue weighted by Crippen LogP contribution is -2.46. The standard InChI is InChI=1S/C28H37N3O2/c1-29-19-24(26(21-29)23-6-4-3-5-7-23)20-30-15-12-28(13-16-30)14-17-31(27(28)32)18-22-8-10-25(33-2)11-9-22/h3-11,24,26H,12-21H2,1-2H3/t24-,26-/m1/s1. The van der Waals surface area contributed by atoms with Crippen molar-refractivity contribution in [3.05, 3.63) is 65.7 Å². The molecule has 0 bridgehead atoms. The summed E-state index contributed by atoms with van der Waals surface area (Å²) in [5.74, 6) is 2.51. The molecule has 0 aliphatic carbocycles. The molecule has 176 valence electrons. The highest BCUT2D eigenvalue weighted by molar-refractivity contribution is 5.85. The van der Waals surface area contributed by atoms with E-state index in [-0.39, 0.29) is 5.41 Å². The molecule has 1 spiro atoms. The fourth-order valence-corrected chi connectivity index (χ4v) is 6.30. The van der Waals surface area contributed by atoms with E-state index in [4.69, 9.17) is 4.74 Å². The maximum atomic E-state index is 13.4. The molecule has 3 aliphatic heterocycles. The van der Waals surface area contributed by atoms with Gasteiger partial charge in [-0.1, -0.05) is 42.5 Å². The van der Waals surface area contributed by atoms with Gasteiger partial charge in [-0.2, -0.15) is 0 Å². The van der Waals surface area contributed by atoms with Crippen molar-refractivity contribution in [2.75, 3.05) is 53.4 Å². The molecule has 0 unspecified atom stereocenters. The first-order valence-electron chi connectivity index (χ1n) is 12.4. The van der Waals surface area contributed by atoms with E-state index in [2.05, 4.69) is 64.2 Å². The average Bonchev–Trinajstić information content (AvgIpc) is 3.36. The van der Waals surface area contributed by atoms with Crippen LogP contribution in [0.15, 0.2) is 54.6 Å². The summed E-state index contributed by atoms with van der Waals surface area (Å²) < 4.78 is 5.26. The smallest absolute Gasteiger partial charge is 0.229 e. The third-order valence-corrected chi connectivity index (χ3v) is 8.29. The van der Waals surface area contributed by atoms with Crippen LogP contribution in [0.25, 0.3) is 0 Å². The number of amides is 1. The second kappa shape index (κ2) is 9.47. The van der Waals surface area contributed by atoms with Gasteiger partial charge < -0.3 is 19.4 Å². The molecule has 3 saturated heterocycles. The molecule has 5 rings (SSSR count). The summed E-state index contributed by atoms with van der Waals surface area (Å²) in [5, 5.41) is 0. The van der Waals surface area contributed by atoms with E-state index in [9.17, 15) is 4.79 Å². The molecule has 3 aliphatic rings. The van der Waals surface area contributed by atoms with E-state index in [1.54, 1.807) is 7.11 Å². The van der Waals surface area contributed by atoms with Gasteiger partial charge in [0, 0.05) is 38.6 Å². The summed E-state index contributed by atoms with van der Waals surface area (Å²) in [6, 6.07) is 19.1. The van der Waals surface area contributed by atoms with Crippen LogP contribution in [0, 0.1) is 11.3 Å². The predicted molar refractivity (Wildman–Crippen MR) is 131 cm³/mol. The van der Waals surface area contributed by atoms with Gasteiger partial charge in [0.1, 0.15) is 5.75 Å². The molecule has 3 heterocycles. The number of ether oxygens (including phenoxy) is 1. The molecule has 2 aromatic rings. The Labute approximate surface area is 198 Å². The second-order valence-corrected chi connectivity index (χ2v) is 10.4. The molecule has 0 N–H and O–H groups in total. The van der Waals surface area contributed by atoms with Gasteiger partial charge >= 0.3 is 0 Å². The number of carbonyl (C=O) groups is 1. The Balaban J connectivity index is 1.17. The number of likely N-dealkylation sites (N-methyl/N-ethyl adjacent to an activating group) is 1. The van der Waals surface area contributed by atoms with Crippen LogP contribution < -0.4 is 4.74 Å². The maximum Gasteiger partial charge on any atom is 0.229 e. The van der Waals surface area contributed by atoms with Crippen molar-refractivity contribution in [1.82, 2.24) is 14.7 Å². The SMILES string of the molecule is COc1ccc(CN2CCC3(CCN(C[C@H]4CN(C)C[C@@H]4c4ccccc4)CC3)C2=O)cc1. The number of likely N-dealkylation sites (tertiary alicyclic amines) is 3. The van der Waals surface area contributed by atoms with E-state index < -0.39 is 0 Å². The molecular weight excluding hydrogens is 410 g/mol. The fraction of sp³-hybridized carbons (Fsp3) is 0.536. The molecule has 3 fully saturated rings. The molecule has 2 aromatic carbocycles. The Hall–Kier alpha value is -2.37. The van der Waals surface area contributed by atoms with Crippen LogP contribution in [-0.4, -0.2) is 74.0 Å². The van der Waals surface area contributed by atoms with Gasteiger partial charge in [-0.3, -0.25) is 4.79 Å². The van der Waals surface area contributed by atoms with Gasteiger partial charge in [-0.15, -0.1) is 0 Å². The molecule has 0 saturated carbocycles. The number of nitrogens with zero attached hydrogens (tertiary/aromatic N) is 3. The number of piperidine rings is 1. The summed E-state index contributed by atoms with van der Waals surface area (Å²) in [6.07, 6.45) is 3.02. The highest BCUT2D eigenvalue weighted by Crippen LogP contribution is 2.43. The molecule has 0 aromatic heterocycles. The van der Waals surface area contributed by atoms with E-state index in [0.717, 1.165) is 64.3 Å². The quantitative estimate of drug-likeness (QED) is 0.674. The summed E-state index contributed by atoms with van der Waals surface area (Å²) in [7, 11) is 3.93. The number of benzene rings is 2. The number of carbonyl (C=O) groups excluding carboxylic acids is 1. The summed E-state index contributed by atoms with van der Waals surface area (Å²) in [4.78, 5) is 20.6. The van der Waals surface area contributed by atoms with Gasteiger partial charge in [-0.25, -0.2) is 0 Å². The first kappa shape index (κ1) is 22.4. The minimum absolute atomic E-state index is 0.131. The summed E-state index contributed by atoms with van der Waals surface area (Å²) in [5.41, 5.74) is 2.52. The molecule has 33 heavy (non-hydrogen) atoms. The highest BCUT2D eigenvalue weighted by atomic mass is 16.5. The van der Waals surface area contributed by atoms with Crippen molar-refractivity contribution in [2.24, 2.45) is 11.3 Å². The molecule has 5 heteroatoms. The van der Waals surface area contributed by atoms with Crippen LogP contribution in [0.5, 0.6) is 5.75 Å². The third kappa shape index (κ3) is 4.67. The van der Waals surface area contributed by atoms with Gasteiger partial charge in [0.25, 0.3) is 0 Å². The minimum Gasteiger partial charge on any atom is -0.497 e. The van der Waals surface area contributed by atoms with Crippen molar-refractivity contribution >= 4 is 5.91 Å². The summed E-state index contributed by atoms with van der Waals surface area (Å²) >= 11 is 0. The number of hydrogen-bond acceptors (Lipinski definition) is 4. The second-order valence-electron chi connectivity index (χ2n) is 10.4. The predicted octanol–water partition coefficient (Wildman–Crippen LogP) is 3.86. The lowest BCUT2D eigenvalue weighted by Gasteiger charge is -2.39. The van der Waals surface area contributed by atoms with Crippen LogP contribution >= 0.6 is 0 Å². The van der Waals surface area contributed by atoms with Crippen LogP contribution in [-0.2, 0) is 11.3 Å². The number of methoxy groups -OCH3 is 1. The van der Waals surface area contributed by atoms with Crippen LogP contribution in [0.4, 0.5) is 0 Å². The van der Waals surface area contributed by atoms with Crippen molar-refractivity contribution in [1.29, 1.82) is 0 Å². The molecule has 0 radical (unpaired) electrons. The average molecular weight is 448 g/mol. The minimum atomic E-state index is -0.131. The van der Waals surface area contributed by atoms with Gasteiger partial charge in [0.15, 0.2) is 0 Å². The van der Waals surface area contributed by atoms with Gasteiger partial charge in [0.2, 0.25) is 5.91 Å². The zero-order chi connectivity index (χ0) is 22.8. The Morgan fingerprint density at radius 2 is 1.64 bits per heavy atom. The highest BCUT2D eigenvalue weighted by Gasteiger charge is 2.48. The first-order valence-corrected chi connectivity index (χ1v) is 12.4. The molecule has 2 atom stereocenters. The fourth-order valence-electron chi connectivity index (χ4n) is 6.30. The topological polar surface area (TPSA) is 36.0 Å². The maximum absolute atomic E-state index is 13.4. The monoisotopic (exact) mass is 447 g/mol. The van der Waals surface area contributed by atoms with E-state index in [1.807, 2.05) is 12.1 Å². The largest absolute Gasteiger partial charge is 0.497 e. The van der Waals surface area contributed by atoms with E-state index in [0.29, 0.717) is 24.3 Å². The lowest BCUT2D eigenvalue weighted by atomic mass is 9.76. The summed E-state index contributed by atoms with van der Waals surface area (Å²) in [6.45, 7) is 7.13. The zero-order valence-electron chi connectivity index (χ0n) is 20.1. The Bertz CT molecular complexity index is 937. The number of hydrogen-bond donors (Lipinski definition) is 0. The molecule has 5 nitrogen and oxygen atoms in total. The van der Waals surface area contributed by atoms with E-state index in [1.165, 1.54) is 11.1 Å². The Kier molecular flexibility index (Phi) is 6.44. The first-order chi connectivity index (χ1) is 16.1. The Morgan fingerprint density at radius 3 is 2.33 bits per heavy atom. The lowest BCUT2D eigenvalue weighted by molar-refractivity contribution is -0.139. The van der Waals surface area contributed by atoms with Crippen molar-refractivity contribution in [3.8, 4) is 5.75 Å².